The minimum atomic E-state index is -0.410. The molecule has 0 fully saturated rings. The van der Waals surface area contributed by atoms with Gasteiger partial charge in [-0.05, 0) is 38.6 Å². The lowest BCUT2D eigenvalue weighted by molar-refractivity contribution is -0.116. The number of thioether (sulfide) groups is 1. The van der Waals surface area contributed by atoms with Crippen LogP contribution in [0.15, 0.2) is 34.6 Å². The number of hydrogen-bond donors (Lipinski definition) is 1. The lowest BCUT2D eigenvalue weighted by atomic mass is 10.0. The van der Waals surface area contributed by atoms with Crippen LogP contribution in [0.4, 0.5) is 0 Å². The molecule has 1 aromatic heterocycles. The van der Waals surface area contributed by atoms with Crippen LogP contribution in [0.25, 0.3) is 0 Å². The fourth-order valence-electron chi connectivity index (χ4n) is 2.67. The third kappa shape index (κ3) is 7.10. The highest BCUT2D eigenvalue weighted by Gasteiger charge is 2.25. The number of aromatic nitrogens is 1. The zero-order chi connectivity index (χ0) is 23.0. The van der Waals surface area contributed by atoms with E-state index in [1.807, 2.05) is 38.3 Å². The van der Waals surface area contributed by atoms with Gasteiger partial charge < -0.3 is 15.0 Å². The van der Waals surface area contributed by atoms with Crippen LogP contribution in [0, 0.1) is 0 Å². The molecule has 0 aliphatic heterocycles. The van der Waals surface area contributed by atoms with Gasteiger partial charge in [0.05, 0.1) is 15.6 Å². The summed E-state index contributed by atoms with van der Waals surface area (Å²) in [6.45, 7) is 5.77. The van der Waals surface area contributed by atoms with Crippen LogP contribution in [-0.4, -0.2) is 46.4 Å². The molecule has 0 spiro atoms. The average molecular weight is 503 g/mol. The second-order valence-corrected chi connectivity index (χ2v) is 9.49. The summed E-state index contributed by atoms with van der Waals surface area (Å²) in [5.41, 5.74) is 1.62. The Morgan fingerprint density at radius 2 is 2.00 bits per heavy atom. The Morgan fingerprint density at radius 3 is 2.61 bits per heavy atom. The van der Waals surface area contributed by atoms with Crippen molar-refractivity contribution in [2.24, 2.45) is 10.3 Å². The maximum absolute atomic E-state index is 13.0. The molecule has 1 amide bonds. The minimum absolute atomic E-state index is 0.113. The van der Waals surface area contributed by atoms with E-state index in [2.05, 4.69) is 20.0 Å². The third-order valence-corrected chi connectivity index (χ3v) is 6.89. The van der Waals surface area contributed by atoms with Gasteiger partial charge in [-0.15, -0.1) is 0 Å². The van der Waals surface area contributed by atoms with E-state index in [0.29, 0.717) is 21.2 Å². The molecule has 31 heavy (non-hydrogen) atoms. The van der Waals surface area contributed by atoms with Crippen molar-refractivity contribution in [3.63, 3.8) is 0 Å². The number of oxime groups is 2. The van der Waals surface area contributed by atoms with Gasteiger partial charge in [0, 0.05) is 22.4 Å². The molecule has 0 radical (unpaired) electrons. The summed E-state index contributed by atoms with van der Waals surface area (Å²) in [5, 5.41) is 11.7. The van der Waals surface area contributed by atoms with E-state index < -0.39 is 5.54 Å². The molecule has 0 bridgehead atoms. The van der Waals surface area contributed by atoms with Crippen molar-refractivity contribution in [3.8, 4) is 0 Å². The zero-order valence-electron chi connectivity index (χ0n) is 17.9. The van der Waals surface area contributed by atoms with Gasteiger partial charge in [0.25, 0.3) is 5.91 Å². The molecule has 0 saturated heterocycles. The highest BCUT2D eigenvalue weighted by molar-refractivity contribution is 7.98. The van der Waals surface area contributed by atoms with E-state index in [4.69, 9.17) is 32.9 Å². The van der Waals surface area contributed by atoms with Crippen LogP contribution in [0.5, 0.6) is 0 Å². The molecule has 0 unspecified atom stereocenters. The summed E-state index contributed by atoms with van der Waals surface area (Å²) in [7, 11) is 1.40. The Balaban J connectivity index is 2.22. The first-order valence-corrected chi connectivity index (χ1v) is 12.1. The normalized spacial score (nSPS) is 12.6. The van der Waals surface area contributed by atoms with Crippen LogP contribution < -0.4 is 5.32 Å². The molecule has 11 heteroatoms. The molecule has 0 aliphatic rings. The average Bonchev–Trinajstić information content (AvgIpc) is 3.04. The number of amides is 1. The number of hydrogen-bond acceptors (Lipinski definition) is 8. The van der Waals surface area contributed by atoms with Gasteiger partial charge in [-0.2, -0.15) is 16.1 Å². The van der Waals surface area contributed by atoms with Crippen LogP contribution in [0.3, 0.4) is 0 Å². The molecule has 7 nitrogen and oxygen atoms in total. The summed E-state index contributed by atoms with van der Waals surface area (Å²) >= 11 is 14.8. The first-order chi connectivity index (χ1) is 14.7. The number of rotatable bonds is 10. The predicted molar refractivity (Wildman–Crippen MR) is 130 cm³/mol. The lowest BCUT2D eigenvalue weighted by Crippen LogP contribution is -2.48. The van der Waals surface area contributed by atoms with Crippen molar-refractivity contribution in [3.05, 3.63) is 50.4 Å². The Morgan fingerprint density at radius 1 is 1.29 bits per heavy atom. The molecule has 1 heterocycles. The summed E-state index contributed by atoms with van der Waals surface area (Å²) in [6, 6.07) is 7.28. The van der Waals surface area contributed by atoms with Crippen molar-refractivity contribution in [1.29, 1.82) is 0 Å². The minimum Gasteiger partial charge on any atom is -0.398 e. The van der Waals surface area contributed by atoms with E-state index >= 15 is 0 Å². The molecule has 2 rings (SSSR count). The van der Waals surface area contributed by atoms with E-state index in [0.717, 1.165) is 22.8 Å². The Labute approximate surface area is 200 Å². The summed E-state index contributed by atoms with van der Waals surface area (Å²) < 4.78 is 3.99. The third-order valence-electron chi connectivity index (χ3n) is 3.97. The van der Waals surface area contributed by atoms with Gasteiger partial charge in [0.2, 0.25) is 0 Å². The fraction of sp³-hybridized carbons (Fsp3) is 0.400. The zero-order valence-corrected chi connectivity index (χ0v) is 21.0. The Kier molecular flexibility index (Phi) is 9.61. The molecule has 0 aliphatic carbocycles. The number of carbonyl (C=O) groups excluding carboxylic acids is 1. The summed E-state index contributed by atoms with van der Waals surface area (Å²) in [6.07, 6.45) is 1.99. The highest BCUT2D eigenvalue weighted by atomic mass is 35.5. The Bertz CT molecular complexity index is 977. The second kappa shape index (κ2) is 11.7. The quantitative estimate of drug-likeness (QED) is 0.364. The lowest BCUT2D eigenvalue weighted by Gasteiger charge is -2.25. The number of carbonyl (C=O) groups is 1. The maximum Gasteiger partial charge on any atom is 0.274 e. The van der Waals surface area contributed by atoms with Gasteiger partial charge >= 0.3 is 0 Å². The van der Waals surface area contributed by atoms with E-state index in [1.165, 1.54) is 7.11 Å². The smallest absolute Gasteiger partial charge is 0.274 e. The topological polar surface area (TPSA) is 85.2 Å². The SMILES string of the molecule is CO/N=C(/C(=O)NC(C)(C)CSC)c1ccccc1CO/N=C(\C)c1snc(Cl)c1Cl. The number of halogens is 2. The molecule has 1 aromatic carbocycles. The predicted octanol–water partition coefficient (Wildman–Crippen LogP) is 5.00. The standard InChI is InChI=1S/C20H24Cl2N4O3S2/c1-12(17-15(21)18(22)26-31-17)24-29-10-13-8-6-7-9-14(13)16(25-28-4)19(27)23-20(2,3)11-30-5/h6-9H,10-11H2,1-5H3,(H,23,27)/b24-12+,25-16+. The molecule has 0 atom stereocenters. The van der Waals surface area contributed by atoms with E-state index in [-0.39, 0.29) is 23.4 Å². The van der Waals surface area contributed by atoms with E-state index in [1.54, 1.807) is 24.8 Å². The molecular formula is C20H24Cl2N4O3S2. The van der Waals surface area contributed by atoms with Crippen molar-refractivity contribution < 1.29 is 14.5 Å². The van der Waals surface area contributed by atoms with E-state index in [9.17, 15) is 4.79 Å². The molecular weight excluding hydrogens is 479 g/mol. The number of nitrogens with one attached hydrogen (secondary N) is 1. The maximum atomic E-state index is 13.0. The summed E-state index contributed by atoms with van der Waals surface area (Å²) in [4.78, 5) is 24.1. The van der Waals surface area contributed by atoms with Crippen molar-refractivity contribution in [2.75, 3.05) is 19.1 Å². The fourth-order valence-corrected chi connectivity index (χ4v) is 4.66. The van der Waals surface area contributed by atoms with Gasteiger partial charge in [0.1, 0.15) is 13.7 Å². The first-order valence-electron chi connectivity index (χ1n) is 9.18. The summed E-state index contributed by atoms with van der Waals surface area (Å²) in [5.74, 6) is 0.418. The van der Waals surface area contributed by atoms with Crippen molar-refractivity contribution in [2.45, 2.75) is 32.9 Å². The molecule has 1 N–H and O–H groups in total. The van der Waals surface area contributed by atoms with Crippen molar-refractivity contribution in [1.82, 2.24) is 9.69 Å². The van der Waals surface area contributed by atoms with Gasteiger partial charge in [-0.3, -0.25) is 4.79 Å². The van der Waals surface area contributed by atoms with Crippen LogP contribution >= 0.6 is 46.5 Å². The van der Waals surface area contributed by atoms with Gasteiger partial charge in [-0.1, -0.05) is 57.8 Å². The largest absolute Gasteiger partial charge is 0.398 e. The van der Waals surface area contributed by atoms with Crippen molar-refractivity contribution >= 4 is 63.8 Å². The number of benzene rings is 1. The number of nitrogens with zero attached hydrogens (tertiary/aromatic N) is 3. The highest BCUT2D eigenvalue weighted by Crippen LogP contribution is 2.29. The van der Waals surface area contributed by atoms with Crippen LogP contribution in [0.2, 0.25) is 10.2 Å². The first kappa shape index (κ1) is 25.5. The molecule has 2 aromatic rings. The van der Waals surface area contributed by atoms with Crippen LogP contribution in [0.1, 0.15) is 36.8 Å². The van der Waals surface area contributed by atoms with Gasteiger partial charge in [0.15, 0.2) is 10.9 Å². The van der Waals surface area contributed by atoms with Gasteiger partial charge in [-0.25, -0.2) is 0 Å². The Hall–Kier alpha value is -1.81. The van der Waals surface area contributed by atoms with Crippen LogP contribution in [-0.2, 0) is 21.1 Å². The molecule has 0 saturated carbocycles. The monoisotopic (exact) mass is 502 g/mol. The molecule has 168 valence electrons. The second-order valence-electron chi connectivity index (χ2n) is 7.12.